The fourth-order valence-electron chi connectivity index (χ4n) is 3.63. The van der Waals surface area contributed by atoms with Gasteiger partial charge in [-0.25, -0.2) is 4.68 Å². The van der Waals surface area contributed by atoms with E-state index in [0.717, 1.165) is 29.7 Å². The van der Waals surface area contributed by atoms with Crippen LogP contribution in [-0.2, 0) is 6.54 Å². The van der Waals surface area contributed by atoms with E-state index in [2.05, 4.69) is 30.3 Å². The van der Waals surface area contributed by atoms with Crippen molar-refractivity contribution in [3.05, 3.63) is 42.6 Å². The number of aromatic nitrogens is 6. The highest BCUT2D eigenvalue weighted by molar-refractivity contribution is 5.80. The summed E-state index contributed by atoms with van der Waals surface area (Å²) >= 11 is 0. The van der Waals surface area contributed by atoms with Gasteiger partial charge in [-0.3, -0.25) is 4.98 Å². The molecule has 4 heterocycles. The van der Waals surface area contributed by atoms with Gasteiger partial charge in [-0.1, -0.05) is 22.9 Å². The minimum absolute atomic E-state index is 0.404. The van der Waals surface area contributed by atoms with Crippen LogP contribution < -0.4 is 0 Å². The van der Waals surface area contributed by atoms with Crippen LogP contribution in [0.15, 0.2) is 47.1 Å². The summed E-state index contributed by atoms with van der Waals surface area (Å²) < 4.78 is 7.33. The number of pyridine rings is 1. The van der Waals surface area contributed by atoms with Gasteiger partial charge in [0.15, 0.2) is 0 Å². The molecular formula is C20H21N7O. The van der Waals surface area contributed by atoms with Gasteiger partial charge in [0, 0.05) is 18.3 Å². The molecule has 0 bridgehead atoms. The Morgan fingerprint density at radius 2 is 1.93 bits per heavy atom. The molecule has 0 atom stereocenters. The Hall–Kier alpha value is -3.13. The molecule has 1 aromatic carbocycles. The summed E-state index contributed by atoms with van der Waals surface area (Å²) in [5.41, 5.74) is 3.36. The van der Waals surface area contributed by atoms with Crippen molar-refractivity contribution in [1.29, 1.82) is 0 Å². The summed E-state index contributed by atoms with van der Waals surface area (Å²) in [6.07, 6.45) is 5.65. The summed E-state index contributed by atoms with van der Waals surface area (Å²) in [6, 6.07) is 11.5. The Bertz CT molecular complexity index is 1070. The third-order valence-electron chi connectivity index (χ3n) is 5.16. The van der Waals surface area contributed by atoms with Crippen LogP contribution >= 0.6 is 0 Å². The van der Waals surface area contributed by atoms with Gasteiger partial charge in [0.25, 0.3) is 5.89 Å². The predicted octanol–water partition coefficient (Wildman–Crippen LogP) is 3.03. The highest BCUT2D eigenvalue weighted by Gasteiger charge is 2.14. The summed E-state index contributed by atoms with van der Waals surface area (Å²) in [4.78, 5) is 11.2. The monoisotopic (exact) mass is 375 g/mol. The summed E-state index contributed by atoms with van der Waals surface area (Å²) in [7, 11) is 0. The minimum Gasteiger partial charge on any atom is -0.332 e. The van der Waals surface area contributed by atoms with Gasteiger partial charge in [-0.05, 0) is 56.3 Å². The summed E-state index contributed by atoms with van der Waals surface area (Å²) in [5.74, 6) is 0.923. The van der Waals surface area contributed by atoms with Gasteiger partial charge in [0.05, 0.1) is 12.1 Å². The predicted molar refractivity (Wildman–Crippen MR) is 104 cm³/mol. The van der Waals surface area contributed by atoms with E-state index in [4.69, 9.17) is 4.52 Å². The topological polar surface area (TPSA) is 85.8 Å². The molecule has 1 aliphatic heterocycles. The number of benzene rings is 1. The van der Waals surface area contributed by atoms with E-state index in [9.17, 15) is 0 Å². The molecule has 1 saturated heterocycles. The van der Waals surface area contributed by atoms with Crippen molar-refractivity contribution in [1.82, 2.24) is 35.0 Å². The molecule has 0 N–H and O–H groups in total. The molecule has 28 heavy (non-hydrogen) atoms. The van der Waals surface area contributed by atoms with Gasteiger partial charge in [-0.15, -0.1) is 5.10 Å². The number of hydrogen-bond donors (Lipinski definition) is 0. The van der Waals surface area contributed by atoms with Crippen molar-refractivity contribution in [2.75, 3.05) is 19.6 Å². The van der Waals surface area contributed by atoms with E-state index in [1.165, 1.54) is 32.4 Å². The maximum atomic E-state index is 5.36. The van der Waals surface area contributed by atoms with Crippen molar-refractivity contribution >= 4 is 11.0 Å². The lowest BCUT2D eigenvalue weighted by Crippen LogP contribution is -2.32. The lowest BCUT2D eigenvalue weighted by atomic mass is 10.1. The van der Waals surface area contributed by atoms with Gasteiger partial charge in [0.2, 0.25) is 5.82 Å². The van der Waals surface area contributed by atoms with E-state index in [0.29, 0.717) is 17.4 Å². The summed E-state index contributed by atoms with van der Waals surface area (Å²) in [5, 5.41) is 12.7. The second-order valence-electron chi connectivity index (χ2n) is 7.06. The maximum Gasteiger partial charge on any atom is 0.276 e. The molecule has 5 rings (SSSR count). The normalized spacial score (nSPS) is 15.3. The number of likely N-dealkylation sites (tertiary alicyclic amines) is 1. The Kier molecular flexibility index (Phi) is 4.54. The van der Waals surface area contributed by atoms with Crippen LogP contribution in [0.25, 0.3) is 34.0 Å². The van der Waals surface area contributed by atoms with Gasteiger partial charge in [0.1, 0.15) is 11.2 Å². The first kappa shape index (κ1) is 17.0. The zero-order valence-corrected chi connectivity index (χ0v) is 15.5. The Morgan fingerprint density at radius 1 is 1.00 bits per heavy atom. The Morgan fingerprint density at radius 3 is 2.79 bits per heavy atom. The van der Waals surface area contributed by atoms with E-state index in [1.54, 1.807) is 6.20 Å². The van der Waals surface area contributed by atoms with Crippen LogP contribution in [-0.4, -0.2) is 54.7 Å². The number of rotatable bonds is 5. The smallest absolute Gasteiger partial charge is 0.276 e. The van der Waals surface area contributed by atoms with Crippen molar-refractivity contribution in [3.63, 3.8) is 0 Å². The highest BCUT2D eigenvalue weighted by atomic mass is 16.5. The van der Waals surface area contributed by atoms with Crippen molar-refractivity contribution < 1.29 is 4.52 Å². The van der Waals surface area contributed by atoms with Crippen LogP contribution in [0.3, 0.4) is 0 Å². The largest absolute Gasteiger partial charge is 0.332 e. The van der Waals surface area contributed by atoms with E-state index < -0.39 is 0 Å². The van der Waals surface area contributed by atoms with E-state index >= 15 is 0 Å². The molecule has 0 aliphatic carbocycles. The molecule has 1 aliphatic rings. The fraction of sp³-hybridized carbons (Fsp3) is 0.350. The minimum atomic E-state index is 0.404. The Labute approximate surface area is 162 Å². The van der Waals surface area contributed by atoms with Gasteiger partial charge < -0.3 is 9.42 Å². The van der Waals surface area contributed by atoms with Crippen LogP contribution in [0.4, 0.5) is 0 Å². The fourth-order valence-corrected chi connectivity index (χ4v) is 3.63. The van der Waals surface area contributed by atoms with E-state index in [1.807, 2.05) is 41.1 Å². The third-order valence-corrected chi connectivity index (χ3v) is 5.16. The van der Waals surface area contributed by atoms with Crippen LogP contribution in [0, 0.1) is 0 Å². The zero-order valence-electron chi connectivity index (χ0n) is 15.5. The van der Waals surface area contributed by atoms with Crippen molar-refractivity contribution in [2.45, 2.75) is 25.8 Å². The molecule has 8 nitrogen and oxygen atoms in total. The molecule has 0 unspecified atom stereocenters. The molecule has 0 amide bonds. The van der Waals surface area contributed by atoms with Crippen LogP contribution in [0.5, 0.6) is 0 Å². The summed E-state index contributed by atoms with van der Waals surface area (Å²) in [6.45, 7) is 4.24. The average molecular weight is 375 g/mol. The lowest BCUT2D eigenvalue weighted by Gasteiger charge is -2.26. The highest BCUT2D eigenvalue weighted by Crippen LogP contribution is 2.23. The molecule has 1 fully saturated rings. The molecule has 0 radical (unpaired) electrons. The number of piperidine rings is 1. The van der Waals surface area contributed by atoms with E-state index in [-0.39, 0.29) is 0 Å². The number of nitrogens with zero attached hydrogens (tertiary/aromatic N) is 7. The first-order chi connectivity index (χ1) is 13.9. The quantitative estimate of drug-likeness (QED) is 0.530. The SMILES string of the molecule is c1ccc(-c2nc(-c3ccc4c(c3)nnn4CCN3CCCCC3)no2)nc1. The standard InChI is InChI=1S/C20H21N7O/c1-4-10-26(11-5-1)12-13-27-18-8-7-15(14-17(18)23-25-27)19-22-20(28-24-19)16-6-2-3-9-21-16/h2-3,6-9,14H,1,4-5,10-13H2. The molecule has 3 aromatic heterocycles. The third kappa shape index (κ3) is 3.38. The molecule has 0 spiro atoms. The molecular weight excluding hydrogens is 354 g/mol. The lowest BCUT2D eigenvalue weighted by molar-refractivity contribution is 0.218. The second-order valence-corrected chi connectivity index (χ2v) is 7.06. The first-order valence-corrected chi connectivity index (χ1v) is 9.68. The number of hydrogen-bond acceptors (Lipinski definition) is 7. The van der Waals surface area contributed by atoms with Crippen molar-refractivity contribution in [2.24, 2.45) is 0 Å². The maximum absolute atomic E-state index is 5.36. The average Bonchev–Trinajstić information content (AvgIpc) is 3.41. The van der Waals surface area contributed by atoms with Gasteiger partial charge in [-0.2, -0.15) is 4.98 Å². The van der Waals surface area contributed by atoms with Crippen LogP contribution in [0.2, 0.25) is 0 Å². The molecule has 8 heteroatoms. The van der Waals surface area contributed by atoms with Crippen LogP contribution in [0.1, 0.15) is 19.3 Å². The first-order valence-electron chi connectivity index (χ1n) is 9.68. The Balaban J connectivity index is 1.35. The molecule has 4 aromatic rings. The number of fused-ring (bicyclic) bond motifs is 1. The van der Waals surface area contributed by atoms with Gasteiger partial charge >= 0.3 is 0 Å². The molecule has 142 valence electrons. The zero-order chi connectivity index (χ0) is 18.8. The molecule has 0 saturated carbocycles. The van der Waals surface area contributed by atoms with Crippen molar-refractivity contribution in [3.8, 4) is 23.0 Å². The second kappa shape index (κ2) is 7.47.